The van der Waals surface area contributed by atoms with Crippen LogP contribution < -0.4 is 5.56 Å². The monoisotopic (exact) mass is 446 g/mol. The Labute approximate surface area is 189 Å². The lowest BCUT2D eigenvalue weighted by Gasteiger charge is -2.12. The van der Waals surface area contributed by atoms with Gasteiger partial charge in [-0.25, -0.2) is 4.98 Å². The fourth-order valence-electron chi connectivity index (χ4n) is 3.73. The van der Waals surface area contributed by atoms with Crippen molar-refractivity contribution in [1.82, 2.24) is 9.55 Å². The highest BCUT2D eigenvalue weighted by Gasteiger charge is 2.29. The van der Waals surface area contributed by atoms with E-state index in [2.05, 4.69) is 12.3 Å². The number of carbonyl (C=O) groups is 1. The number of aryl methyl sites for hydroxylation is 1. The van der Waals surface area contributed by atoms with Gasteiger partial charge in [-0.15, -0.1) is 11.3 Å². The number of fused-ring (bicyclic) bond motifs is 1. The first kappa shape index (κ1) is 20.2. The van der Waals surface area contributed by atoms with Gasteiger partial charge in [0.25, 0.3) is 5.56 Å². The normalized spacial score (nSPS) is 13.6. The molecule has 0 saturated heterocycles. The first-order valence-corrected chi connectivity index (χ1v) is 12.4. The third kappa shape index (κ3) is 3.98. The number of aromatic nitrogens is 2. The number of Topliss-reactive ketones (excluding diaryl/α,β-unsaturated/α-hetero) is 1. The molecule has 4 nitrogen and oxygen atoms in total. The zero-order chi connectivity index (χ0) is 21.4. The SMILES string of the molecule is CCc1ccc(C(=O)CSc2nc3scc(C4CC4)c3c(=O)n2-c2ccccc2)cc1. The van der Waals surface area contributed by atoms with E-state index in [9.17, 15) is 9.59 Å². The molecular formula is C25H22N2O2S2. The summed E-state index contributed by atoms with van der Waals surface area (Å²) in [7, 11) is 0. The van der Waals surface area contributed by atoms with Gasteiger partial charge in [-0.05, 0) is 53.8 Å². The molecular weight excluding hydrogens is 424 g/mol. The summed E-state index contributed by atoms with van der Waals surface area (Å²) in [4.78, 5) is 32.0. The zero-order valence-corrected chi connectivity index (χ0v) is 18.8. The Morgan fingerprint density at radius 2 is 1.87 bits per heavy atom. The van der Waals surface area contributed by atoms with E-state index in [0.717, 1.165) is 40.7 Å². The van der Waals surface area contributed by atoms with Crippen LogP contribution >= 0.6 is 23.1 Å². The number of benzene rings is 2. The highest BCUT2D eigenvalue weighted by Crippen LogP contribution is 2.44. The van der Waals surface area contributed by atoms with Crippen molar-refractivity contribution in [2.75, 3.05) is 5.75 Å². The molecule has 0 amide bonds. The maximum absolute atomic E-state index is 13.6. The van der Waals surface area contributed by atoms with Crippen molar-refractivity contribution < 1.29 is 4.79 Å². The number of thiophene rings is 1. The Bertz CT molecular complexity index is 1300. The Hall–Kier alpha value is -2.70. The summed E-state index contributed by atoms with van der Waals surface area (Å²) in [6.07, 6.45) is 3.22. The third-order valence-electron chi connectivity index (χ3n) is 5.65. The number of hydrogen-bond acceptors (Lipinski definition) is 5. The minimum Gasteiger partial charge on any atom is -0.293 e. The smallest absolute Gasteiger partial charge is 0.267 e. The average molecular weight is 447 g/mol. The van der Waals surface area contributed by atoms with E-state index >= 15 is 0 Å². The summed E-state index contributed by atoms with van der Waals surface area (Å²) in [6.45, 7) is 2.09. The molecule has 2 aromatic carbocycles. The van der Waals surface area contributed by atoms with Gasteiger partial charge < -0.3 is 0 Å². The molecule has 5 rings (SSSR count). The van der Waals surface area contributed by atoms with Gasteiger partial charge in [0.1, 0.15) is 4.83 Å². The Balaban J connectivity index is 1.52. The summed E-state index contributed by atoms with van der Waals surface area (Å²) >= 11 is 2.85. The first-order chi connectivity index (χ1) is 15.2. The molecule has 0 atom stereocenters. The largest absolute Gasteiger partial charge is 0.293 e. The molecule has 1 aliphatic rings. The van der Waals surface area contributed by atoms with E-state index in [1.165, 1.54) is 28.7 Å². The van der Waals surface area contributed by atoms with Gasteiger partial charge >= 0.3 is 0 Å². The van der Waals surface area contributed by atoms with Gasteiger partial charge in [0.2, 0.25) is 0 Å². The summed E-state index contributed by atoms with van der Waals surface area (Å²) < 4.78 is 1.67. The van der Waals surface area contributed by atoms with Gasteiger partial charge in [0.15, 0.2) is 10.9 Å². The summed E-state index contributed by atoms with van der Waals surface area (Å²) in [5.41, 5.74) is 3.76. The molecule has 0 bridgehead atoms. The van der Waals surface area contributed by atoms with Gasteiger partial charge in [-0.1, -0.05) is 61.2 Å². The van der Waals surface area contributed by atoms with Crippen LogP contribution in [0.1, 0.15) is 47.2 Å². The second-order valence-electron chi connectivity index (χ2n) is 7.78. The summed E-state index contributed by atoms with van der Waals surface area (Å²) in [5, 5.41) is 3.38. The van der Waals surface area contributed by atoms with Crippen LogP contribution in [0.2, 0.25) is 0 Å². The lowest BCUT2D eigenvalue weighted by molar-refractivity contribution is 0.102. The predicted molar refractivity (Wildman–Crippen MR) is 128 cm³/mol. The number of para-hydroxylation sites is 1. The predicted octanol–water partition coefficient (Wildman–Crippen LogP) is 5.86. The standard InChI is InChI=1S/C25H22N2O2S2/c1-2-16-8-10-18(11-9-16)21(28)15-31-25-26-23-22(20(14-30-23)17-12-13-17)24(29)27(25)19-6-4-3-5-7-19/h3-11,14,17H,2,12-13,15H2,1H3. The Kier molecular flexibility index (Phi) is 5.50. The average Bonchev–Trinajstić information content (AvgIpc) is 3.57. The van der Waals surface area contributed by atoms with E-state index in [4.69, 9.17) is 4.98 Å². The number of nitrogens with zero attached hydrogens (tertiary/aromatic N) is 2. The fourth-order valence-corrected chi connectivity index (χ4v) is 5.70. The molecule has 0 N–H and O–H groups in total. The molecule has 2 aromatic heterocycles. The van der Waals surface area contributed by atoms with Crippen LogP contribution in [0, 0.1) is 0 Å². The van der Waals surface area contributed by atoms with Crippen molar-refractivity contribution in [2.24, 2.45) is 0 Å². The minimum absolute atomic E-state index is 0.0338. The number of thioether (sulfide) groups is 1. The van der Waals surface area contributed by atoms with Gasteiger partial charge in [0.05, 0.1) is 16.8 Å². The Morgan fingerprint density at radius 3 is 2.55 bits per heavy atom. The molecule has 156 valence electrons. The van der Waals surface area contributed by atoms with Crippen LogP contribution in [0.5, 0.6) is 0 Å². The van der Waals surface area contributed by atoms with E-state index in [1.54, 1.807) is 4.57 Å². The molecule has 6 heteroatoms. The van der Waals surface area contributed by atoms with E-state index in [0.29, 0.717) is 16.6 Å². The van der Waals surface area contributed by atoms with Crippen molar-refractivity contribution >= 4 is 39.1 Å². The molecule has 0 spiro atoms. The Morgan fingerprint density at radius 1 is 1.13 bits per heavy atom. The highest BCUT2D eigenvalue weighted by atomic mass is 32.2. The molecule has 1 fully saturated rings. The van der Waals surface area contributed by atoms with Crippen LogP contribution in [0.4, 0.5) is 0 Å². The van der Waals surface area contributed by atoms with Gasteiger partial charge in [-0.2, -0.15) is 0 Å². The maximum Gasteiger partial charge on any atom is 0.267 e. The van der Waals surface area contributed by atoms with Crippen LogP contribution in [0.15, 0.2) is 69.9 Å². The summed E-state index contributed by atoms with van der Waals surface area (Å²) in [6, 6.07) is 17.3. The first-order valence-electron chi connectivity index (χ1n) is 10.5. The molecule has 1 saturated carbocycles. The second kappa shape index (κ2) is 8.44. The maximum atomic E-state index is 13.6. The van der Waals surface area contributed by atoms with E-state index in [1.807, 2.05) is 54.6 Å². The second-order valence-corrected chi connectivity index (χ2v) is 9.58. The molecule has 4 aromatic rings. The van der Waals surface area contributed by atoms with Crippen molar-refractivity contribution in [1.29, 1.82) is 0 Å². The molecule has 31 heavy (non-hydrogen) atoms. The highest BCUT2D eigenvalue weighted by molar-refractivity contribution is 7.99. The number of carbonyl (C=O) groups excluding carboxylic acids is 1. The fraction of sp³-hybridized carbons (Fsp3) is 0.240. The van der Waals surface area contributed by atoms with Crippen molar-refractivity contribution in [3.8, 4) is 5.69 Å². The quantitative estimate of drug-likeness (QED) is 0.203. The van der Waals surface area contributed by atoms with Crippen LogP contribution in [0.25, 0.3) is 15.9 Å². The lowest BCUT2D eigenvalue weighted by atomic mass is 10.1. The molecule has 1 aliphatic carbocycles. The molecule has 0 unspecified atom stereocenters. The van der Waals surface area contributed by atoms with Crippen LogP contribution in [-0.2, 0) is 6.42 Å². The van der Waals surface area contributed by atoms with Crippen molar-refractivity contribution in [3.63, 3.8) is 0 Å². The zero-order valence-electron chi connectivity index (χ0n) is 17.2. The lowest BCUT2D eigenvalue weighted by Crippen LogP contribution is -2.22. The van der Waals surface area contributed by atoms with Gasteiger partial charge in [0, 0.05) is 5.56 Å². The molecule has 0 aliphatic heterocycles. The molecule has 0 radical (unpaired) electrons. The van der Waals surface area contributed by atoms with E-state index < -0.39 is 0 Å². The van der Waals surface area contributed by atoms with Crippen LogP contribution in [0.3, 0.4) is 0 Å². The van der Waals surface area contributed by atoms with Crippen molar-refractivity contribution in [3.05, 3.63) is 87.0 Å². The molecule has 2 heterocycles. The van der Waals surface area contributed by atoms with E-state index in [-0.39, 0.29) is 17.1 Å². The number of ketones is 1. The third-order valence-corrected chi connectivity index (χ3v) is 7.48. The van der Waals surface area contributed by atoms with Gasteiger partial charge in [-0.3, -0.25) is 14.2 Å². The number of hydrogen-bond donors (Lipinski definition) is 0. The minimum atomic E-state index is -0.0402. The topological polar surface area (TPSA) is 52.0 Å². The number of rotatable bonds is 7. The summed E-state index contributed by atoms with van der Waals surface area (Å²) in [5.74, 6) is 0.752. The van der Waals surface area contributed by atoms with Crippen molar-refractivity contribution in [2.45, 2.75) is 37.3 Å². The van der Waals surface area contributed by atoms with Crippen LogP contribution in [-0.4, -0.2) is 21.1 Å².